The summed E-state index contributed by atoms with van der Waals surface area (Å²) in [5.41, 5.74) is 13.0. The van der Waals surface area contributed by atoms with Gasteiger partial charge in [0.05, 0.1) is 22.7 Å². The first kappa shape index (κ1) is 38.7. The van der Waals surface area contributed by atoms with Crippen LogP contribution in [0.25, 0.3) is 76.1 Å². The highest BCUT2D eigenvalue weighted by Crippen LogP contribution is 2.53. The number of rotatable bonds is 8. The van der Waals surface area contributed by atoms with Gasteiger partial charge in [0.2, 0.25) is 0 Å². The molecule has 0 fully saturated rings. The predicted molar refractivity (Wildman–Crippen MR) is 280 cm³/mol. The van der Waals surface area contributed by atoms with E-state index in [1.54, 1.807) is 0 Å². The second kappa shape index (κ2) is 15.4. The zero-order valence-corrected chi connectivity index (χ0v) is 37.0. The lowest BCUT2D eigenvalue weighted by molar-refractivity contribution is 0.481. The van der Waals surface area contributed by atoms with Gasteiger partial charge in [0.1, 0.15) is 0 Å². The Balaban J connectivity index is 1.25. The number of benzene rings is 11. The first-order chi connectivity index (χ1) is 31.9. The fourth-order valence-electron chi connectivity index (χ4n) is 10.3. The van der Waals surface area contributed by atoms with Gasteiger partial charge in [-0.15, -0.1) is 0 Å². The molecular formula is C63H48N2. The number of allylic oxidation sites excluding steroid dienone is 3. The molecule has 11 aromatic rings. The Labute approximate surface area is 381 Å². The molecule has 2 nitrogen and oxygen atoms in total. The van der Waals surface area contributed by atoms with Gasteiger partial charge in [-0.3, -0.25) is 0 Å². The van der Waals surface area contributed by atoms with Crippen LogP contribution in [0.3, 0.4) is 0 Å². The minimum absolute atomic E-state index is 0.0728. The van der Waals surface area contributed by atoms with E-state index in [0.717, 1.165) is 29.2 Å². The molecule has 0 atom stereocenters. The Morgan fingerprint density at radius 3 is 1.38 bits per heavy atom. The molecule has 0 radical (unpaired) electrons. The van der Waals surface area contributed by atoms with Gasteiger partial charge >= 0.3 is 0 Å². The molecule has 2 heteroatoms. The summed E-state index contributed by atoms with van der Waals surface area (Å²) in [5.74, 6) is 0. The Morgan fingerprint density at radius 1 is 0.400 bits per heavy atom. The lowest BCUT2D eigenvalue weighted by Gasteiger charge is -2.34. The third kappa shape index (κ3) is 6.56. The molecule has 0 saturated heterocycles. The van der Waals surface area contributed by atoms with Crippen molar-refractivity contribution in [2.24, 2.45) is 5.41 Å². The maximum absolute atomic E-state index is 2.54. The quantitative estimate of drug-likeness (QED) is 0.141. The van der Waals surface area contributed by atoms with Gasteiger partial charge in [0.25, 0.3) is 0 Å². The largest absolute Gasteiger partial charge is 0.310 e. The predicted octanol–water partition coefficient (Wildman–Crippen LogP) is 18.0. The SMILES string of the molecule is Cc1ccc(N(c2cccc3ccccc23)c2cc(-c3ccccc3)c3ccc4c(N(C5=CCC(C)(C)C=C5)c5cccc6ccccc56)cc(-c5ccccc5)c5ccc2c3c54)cc1. The summed E-state index contributed by atoms with van der Waals surface area (Å²) in [6.45, 7) is 6.81. The van der Waals surface area contributed by atoms with Crippen LogP contribution in [0, 0.1) is 12.3 Å². The van der Waals surface area contributed by atoms with E-state index >= 15 is 0 Å². The molecule has 0 unspecified atom stereocenters. The van der Waals surface area contributed by atoms with E-state index in [4.69, 9.17) is 0 Å². The summed E-state index contributed by atoms with van der Waals surface area (Å²) < 4.78 is 0. The normalized spacial score (nSPS) is 13.6. The molecule has 1 aliphatic carbocycles. The van der Waals surface area contributed by atoms with Crippen molar-refractivity contribution >= 4 is 82.3 Å². The maximum Gasteiger partial charge on any atom is 0.0547 e. The van der Waals surface area contributed by atoms with E-state index < -0.39 is 0 Å². The lowest BCUT2D eigenvalue weighted by atomic mass is 9.84. The molecule has 0 aromatic heterocycles. The molecule has 0 N–H and O–H groups in total. The molecule has 0 spiro atoms. The summed E-state index contributed by atoms with van der Waals surface area (Å²) >= 11 is 0. The van der Waals surface area contributed by atoms with Gasteiger partial charge < -0.3 is 9.80 Å². The average molecular weight is 833 g/mol. The number of anilines is 5. The number of aryl methyl sites for hydroxylation is 1. The molecule has 0 amide bonds. The van der Waals surface area contributed by atoms with Crippen molar-refractivity contribution < 1.29 is 0 Å². The van der Waals surface area contributed by atoms with Gasteiger partial charge in [-0.2, -0.15) is 0 Å². The average Bonchev–Trinajstić information content (AvgIpc) is 3.35. The van der Waals surface area contributed by atoms with Gasteiger partial charge in [-0.1, -0.05) is 201 Å². The van der Waals surface area contributed by atoms with Crippen LogP contribution < -0.4 is 9.80 Å². The van der Waals surface area contributed by atoms with Crippen molar-refractivity contribution in [3.8, 4) is 22.3 Å². The van der Waals surface area contributed by atoms with Crippen molar-refractivity contribution in [3.63, 3.8) is 0 Å². The van der Waals surface area contributed by atoms with Crippen molar-refractivity contribution in [2.75, 3.05) is 9.80 Å². The molecule has 0 heterocycles. The Hall–Kier alpha value is -7.94. The smallest absolute Gasteiger partial charge is 0.0547 e. The van der Waals surface area contributed by atoms with E-state index in [1.165, 1.54) is 93.1 Å². The highest BCUT2D eigenvalue weighted by molar-refractivity contribution is 6.32. The van der Waals surface area contributed by atoms with Crippen molar-refractivity contribution in [1.82, 2.24) is 0 Å². The number of hydrogen-bond donors (Lipinski definition) is 0. The zero-order chi connectivity index (χ0) is 43.6. The maximum atomic E-state index is 2.54. The fourth-order valence-corrected chi connectivity index (χ4v) is 10.3. The Bertz CT molecular complexity index is 3640. The molecule has 310 valence electrons. The van der Waals surface area contributed by atoms with Crippen LogP contribution in [0.2, 0.25) is 0 Å². The third-order valence-electron chi connectivity index (χ3n) is 13.6. The van der Waals surface area contributed by atoms with Gasteiger partial charge in [0, 0.05) is 43.7 Å². The van der Waals surface area contributed by atoms with Crippen LogP contribution in [-0.2, 0) is 0 Å². The molecule has 12 rings (SSSR count). The molecule has 0 aliphatic heterocycles. The van der Waals surface area contributed by atoms with Crippen LogP contribution in [0.1, 0.15) is 25.8 Å². The van der Waals surface area contributed by atoms with Crippen molar-refractivity contribution in [2.45, 2.75) is 27.2 Å². The fraction of sp³-hybridized carbons (Fsp3) is 0.0794. The van der Waals surface area contributed by atoms with Gasteiger partial charge in [0.15, 0.2) is 0 Å². The monoisotopic (exact) mass is 832 g/mol. The third-order valence-corrected chi connectivity index (χ3v) is 13.6. The minimum Gasteiger partial charge on any atom is -0.310 e. The van der Waals surface area contributed by atoms with Crippen LogP contribution in [-0.4, -0.2) is 0 Å². The van der Waals surface area contributed by atoms with E-state index in [1.807, 2.05) is 0 Å². The van der Waals surface area contributed by atoms with Crippen molar-refractivity contribution in [1.29, 1.82) is 0 Å². The first-order valence-corrected chi connectivity index (χ1v) is 22.8. The Morgan fingerprint density at radius 2 is 0.862 bits per heavy atom. The number of nitrogens with zero attached hydrogens (tertiary/aromatic N) is 2. The van der Waals surface area contributed by atoms with Gasteiger partial charge in [-0.25, -0.2) is 0 Å². The molecule has 65 heavy (non-hydrogen) atoms. The summed E-state index contributed by atoms with van der Waals surface area (Å²) in [7, 11) is 0. The van der Waals surface area contributed by atoms with E-state index in [9.17, 15) is 0 Å². The molecule has 0 saturated carbocycles. The van der Waals surface area contributed by atoms with Crippen LogP contribution in [0.15, 0.2) is 230 Å². The summed E-state index contributed by atoms with van der Waals surface area (Å²) in [4.78, 5) is 5.04. The Kier molecular flexibility index (Phi) is 9.17. The zero-order valence-electron chi connectivity index (χ0n) is 37.0. The van der Waals surface area contributed by atoms with E-state index in [2.05, 4.69) is 255 Å². The lowest BCUT2D eigenvalue weighted by Crippen LogP contribution is -2.20. The van der Waals surface area contributed by atoms with Crippen LogP contribution in [0.4, 0.5) is 28.4 Å². The standard InChI is InChI=1S/C63H48N2/c1-42-28-30-47(31-29-42)64(57-26-14-22-43-20-10-12-24-49(43)57)59-40-55(45-16-6-4-7-17-45)51-33-35-54-60(41-56(46-18-8-5-9-19-46)52-32-34-53(59)61(51)62(52)54)65(48-36-38-63(2,3)39-37-48)58-27-15-23-44-21-11-13-25-50(44)58/h4-38,40-41H,39H2,1-3H3. The summed E-state index contributed by atoms with van der Waals surface area (Å²) in [6, 6.07) is 76.5. The second-order valence-electron chi connectivity index (χ2n) is 18.3. The van der Waals surface area contributed by atoms with E-state index in [-0.39, 0.29) is 5.41 Å². The highest BCUT2D eigenvalue weighted by atomic mass is 15.2. The van der Waals surface area contributed by atoms with E-state index in [0.29, 0.717) is 0 Å². The van der Waals surface area contributed by atoms with Crippen molar-refractivity contribution in [3.05, 3.63) is 236 Å². The first-order valence-electron chi connectivity index (χ1n) is 22.8. The molecule has 1 aliphatic rings. The molecular weight excluding hydrogens is 785 g/mol. The number of fused-ring (bicyclic) bond motifs is 2. The van der Waals surface area contributed by atoms with Gasteiger partial charge in [-0.05, 0) is 105 Å². The molecule has 11 aromatic carbocycles. The second-order valence-corrected chi connectivity index (χ2v) is 18.3. The minimum atomic E-state index is 0.0728. The summed E-state index contributed by atoms with van der Waals surface area (Å²) in [5, 5.41) is 12.3. The van der Waals surface area contributed by atoms with Crippen LogP contribution >= 0.6 is 0 Å². The highest BCUT2D eigenvalue weighted by Gasteiger charge is 2.28. The number of hydrogen-bond acceptors (Lipinski definition) is 2. The summed E-state index contributed by atoms with van der Waals surface area (Å²) in [6.07, 6.45) is 8.13. The topological polar surface area (TPSA) is 6.48 Å². The molecule has 0 bridgehead atoms. The van der Waals surface area contributed by atoms with Crippen LogP contribution in [0.5, 0.6) is 0 Å².